The molecule has 1 aromatic rings. The molecule has 0 atom stereocenters. The van der Waals surface area contributed by atoms with Crippen LogP contribution in [0.1, 0.15) is 12.1 Å². The summed E-state index contributed by atoms with van der Waals surface area (Å²) >= 11 is 8.52. The lowest BCUT2D eigenvalue weighted by atomic mass is 10.3. The first kappa shape index (κ1) is 16.9. The summed E-state index contributed by atoms with van der Waals surface area (Å²) in [5.41, 5.74) is 5.10. The van der Waals surface area contributed by atoms with Gasteiger partial charge in [-0.05, 0) is 24.4 Å². The van der Waals surface area contributed by atoms with Crippen LogP contribution in [0.4, 0.5) is 0 Å². The van der Waals surface area contributed by atoms with Crippen LogP contribution in [-0.4, -0.2) is 42.0 Å². The number of thiocarbonyl (C=S) groups is 2. The molecule has 0 spiro atoms. The molecule has 4 N–H and O–H groups in total. The predicted octanol–water partition coefficient (Wildman–Crippen LogP) is 0.823. The van der Waals surface area contributed by atoms with Gasteiger partial charge in [0.1, 0.15) is 0 Å². The third-order valence-electron chi connectivity index (χ3n) is 1.73. The number of rotatable bonds is 4. The molecule has 7 nitrogen and oxygen atoms in total. The van der Waals surface area contributed by atoms with E-state index in [0.29, 0.717) is 25.2 Å². The molecular formula is C10H13N5O2S2. The molecule has 0 saturated carbocycles. The van der Waals surface area contributed by atoms with Crippen molar-refractivity contribution in [1.29, 1.82) is 5.26 Å². The Morgan fingerprint density at radius 3 is 2.47 bits per heavy atom. The fourth-order valence-electron chi connectivity index (χ4n) is 1.03. The van der Waals surface area contributed by atoms with Crippen LogP contribution in [-0.2, 0) is 6.54 Å². The molecule has 1 aromatic heterocycles. The highest BCUT2D eigenvalue weighted by molar-refractivity contribution is 7.80. The second kappa shape index (κ2) is 9.93. The van der Waals surface area contributed by atoms with Gasteiger partial charge in [0.2, 0.25) is 0 Å². The highest BCUT2D eigenvalue weighted by Crippen LogP contribution is 2.01. The first-order chi connectivity index (χ1) is 8.97. The number of nitrogens with zero attached hydrogens (tertiary/aromatic N) is 4. The van der Waals surface area contributed by atoms with Crippen LogP contribution in [0.3, 0.4) is 0 Å². The molecule has 102 valence electrons. The van der Waals surface area contributed by atoms with Crippen LogP contribution in [0.2, 0.25) is 0 Å². The molecule has 0 aliphatic carbocycles. The van der Waals surface area contributed by atoms with E-state index in [2.05, 4.69) is 40.1 Å². The van der Waals surface area contributed by atoms with Crippen molar-refractivity contribution >= 4 is 34.8 Å². The minimum Gasteiger partial charge on any atom is -0.487 e. The Bertz CT molecular complexity index is 445. The number of aliphatic hydroxyl groups excluding tert-OH is 2. The van der Waals surface area contributed by atoms with E-state index in [9.17, 15) is 5.11 Å². The van der Waals surface area contributed by atoms with Gasteiger partial charge in [0, 0.05) is 18.9 Å². The van der Waals surface area contributed by atoms with Crippen molar-refractivity contribution < 1.29 is 10.2 Å². The second-order valence-electron chi connectivity index (χ2n) is 3.15. The van der Waals surface area contributed by atoms with Gasteiger partial charge < -0.3 is 20.8 Å². The highest BCUT2D eigenvalue weighted by atomic mass is 32.1. The summed E-state index contributed by atoms with van der Waals surface area (Å²) in [6.07, 6.45) is 5.04. The lowest BCUT2D eigenvalue weighted by molar-refractivity contribution is 0.340. The summed E-state index contributed by atoms with van der Waals surface area (Å²) in [4.78, 5) is 9.45. The SMILES string of the molecule is N#CCCN(Cc1cnccn1)C(O)=S.NC(O)=S. The van der Waals surface area contributed by atoms with Crippen molar-refractivity contribution in [3.05, 3.63) is 24.3 Å². The standard InChI is InChI=1S/C9H10N4OS.CH3NOS/c10-2-1-5-13(9(14)15)7-8-6-11-3-4-12-8;2-1(3)4/h3-4,6H,1,5,7H2,(H,14,15);(H3,2,3,4). The van der Waals surface area contributed by atoms with E-state index in [1.165, 1.54) is 4.90 Å². The van der Waals surface area contributed by atoms with Gasteiger partial charge in [-0.15, -0.1) is 0 Å². The Labute approximate surface area is 121 Å². The molecule has 9 heteroatoms. The Morgan fingerprint density at radius 2 is 2.05 bits per heavy atom. The zero-order valence-electron chi connectivity index (χ0n) is 9.93. The largest absolute Gasteiger partial charge is 0.487 e. The molecule has 0 unspecified atom stereocenters. The third-order valence-corrected chi connectivity index (χ3v) is 1.99. The van der Waals surface area contributed by atoms with Gasteiger partial charge in [0.05, 0.1) is 30.9 Å². The average Bonchev–Trinajstić information content (AvgIpc) is 2.34. The fourth-order valence-corrected chi connectivity index (χ4v) is 1.19. The molecule has 0 aliphatic rings. The molecule has 0 saturated heterocycles. The van der Waals surface area contributed by atoms with Crippen molar-refractivity contribution in [1.82, 2.24) is 14.9 Å². The quantitative estimate of drug-likeness (QED) is 0.694. The minimum absolute atomic E-state index is 0.226. The summed E-state index contributed by atoms with van der Waals surface area (Å²) in [6, 6.07) is 1.99. The molecule has 0 radical (unpaired) electrons. The van der Waals surface area contributed by atoms with Gasteiger partial charge >= 0.3 is 0 Å². The summed E-state index contributed by atoms with van der Waals surface area (Å²) < 4.78 is 0. The molecule has 0 fully saturated rings. The summed E-state index contributed by atoms with van der Waals surface area (Å²) in [5, 5.41) is 24.5. The first-order valence-corrected chi connectivity index (χ1v) is 5.87. The van der Waals surface area contributed by atoms with Gasteiger partial charge in [-0.1, -0.05) is 0 Å². The second-order valence-corrected chi connectivity index (χ2v) is 3.93. The molecule has 0 aliphatic heterocycles. The van der Waals surface area contributed by atoms with Crippen molar-refractivity contribution in [2.24, 2.45) is 5.73 Å². The van der Waals surface area contributed by atoms with Gasteiger partial charge in [0.15, 0.2) is 0 Å². The number of hydrogen-bond acceptors (Lipinski definition) is 5. The predicted molar refractivity (Wildman–Crippen MR) is 77.3 cm³/mol. The molecule has 0 amide bonds. The Morgan fingerprint density at radius 1 is 1.42 bits per heavy atom. The summed E-state index contributed by atoms with van der Waals surface area (Å²) in [7, 11) is 0. The lowest BCUT2D eigenvalue weighted by Gasteiger charge is -2.19. The zero-order chi connectivity index (χ0) is 14.7. The van der Waals surface area contributed by atoms with Crippen molar-refractivity contribution in [3.63, 3.8) is 0 Å². The fraction of sp³-hybridized carbons (Fsp3) is 0.300. The van der Waals surface area contributed by atoms with Crippen LogP contribution >= 0.6 is 24.4 Å². The van der Waals surface area contributed by atoms with Crippen molar-refractivity contribution in [2.45, 2.75) is 13.0 Å². The smallest absolute Gasteiger partial charge is 0.257 e. The maximum absolute atomic E-state index is 9.20. The van der Waals surface area contributed by atoms with Crippen LogP contribution in [0.15, 0.2) is 18.6 Å². The van der Waals surface area contributed by atoms with Gasteiger partial charge in [-0.25, -0.2) is 0 Å². The van der Waals surface area contributed by atoms with Crippen molar-refractivity contribution in [3.8, 4) is 6.07 Å². The van der Waals surface area contributed by atoms with E-state index in [-0.39, 0.29) is 5.17 Å². The molecule has 0 aromatic carbocycles. The van der Waals surface area contributed by atoms with Crippen LogP contribution in [0.25, 0.3) is 0 Å². The van der Waals surface area contributed by atoms with Crippen LogP contribution < -0.4 is 5.73 Å². The molecular weight excluding hydrogens is 286 g/mol. The van der Waals surface area contributed by atoms with Gasteiger partial charge in [-0.3, -0.25) is 9.97 Å². The van der Waals surface area contributed by atoms with Crippen LogP contribution in [0, 0.1) is 11.3 Å². The van der Waals surface area contributed by atoms with Crippen molar-refractivity contribution in [2.75, 3.05) is 6.54 Å². The number of aliphatic hydroxyl groups is 2. The van der Waals surface area contributed by atoms with E-state index in [4.69, 9.17) is 10.4 Å². The Balaban J connectivity index is 0.000000711. The maximum Gasteiger partial charge on any atom is 0.257 e. The highest BCUT2D eigenvalue weighted by Gasteiger charge is 2.08. The van der Waals surface area contributed by atoms with E-state index < -0.39 is 5.17 Å². The summed E-state index contributed by atoms with van der Waals surface area (Å²) in [6.45, 7) is 0.757. The lowest BCUT2D eigenvalue weighted by Crippen LogP contribution is -2.29. The van der Waals surface area contributed by atoms with E-state index in [1.54, 1.807) is 18.6 Å². The van der Waals surface area contributed by atoms with Gasteiger partial charge in [0.25, 0.3) is 10.3 Å². The monoisotopic (exact) mass is 299 g/mol. The Hall–Kier alpha value is -2.05. The molecule has 19 heavy (non-hydrogen) atoms. The van der Waals surface area contributed by atoms with Crippen LogP contribution in [0.5, 0.6) is 0 Å². The molecule has 0 bridgehead atoms. The van der Waals surface area contributed by atoms with E-state index in [0.717, 1.165) is 0 Å². The Kier molecular flexibility index (Phi) is 8.86. The first-order valence-electron chi connectivity index (χ1n) is 5.05. The summed E-state index contributed by atoms with van der Waals surface area (Å²) in [5.74, 6) is 0. The minimum atomic E-state index is -0.500. The number of hydrogen-bond donors (Lipinski definition) is 3. The normalized spacial score (nSPS) is 8.58. The maximum atomic E-state index is 9.20. The molecule has 1 rings (SSSR count). The number of aromatic nitrogens is 2. The van der Waals surface area contributed by atoms with E-state index in [1.807, 2.05) is 6.07 Å². The third kappa shape index (κ3) is 9.63. The zero-order valence-corrected chi connectivity index (χ0v) is 11.6. The van der Waals surface area contributed by atoms with E-state index >= 15 is 0 Å². The topological polar surface area (TPSA) is 119 Å². The molecule has 1 heterocycles. The van der Waals surface area contributed by atoms with Gasteiger partial charge in [-0.2, -0.15) is 5.26 Å². The number of nitrogens with two attached hydrogens (primary N) is 1. The number of nitriles is 1. The average molecular weight is 299 g/mol.